The van der Waals surface area contributed by atoms with Crippen LogP contribution in [0.25, 0.3) is 0 Å². The third-order valence-corrected chi connectivity index (χ3v) is 3.61. The van der Waals surface area contributed by atoms with Crippen LogP contribution in [-0.4, -0.2) is 10.1 Å². The molecule has 0 aliphatic rings. The lowest BCUT2D eigenvalue weighted by molar-refractivity contribution is 0.172. The lowest BCUT2D eigenvalue weighted by Gasteiger charge is -2.12. The zero-order valence-electron chi connectivity index (χ0n) is 9.28. The van der Waals surface area contributed by atoms with E-state index in [2.05, 4.69) is 36.8 Å². The van der Waals surface area contributed by atoms with Crippen LogP contribution in [0.5, 0.6) is 0 Å². The van der Waals surface area contributed by atoms with E-state index in [-0.39, 0.29) is 12.0 Å². The standard InChI is InChI=1S/C13H10Br2FNO/c14-8-4-5-9(17-7-8)6-12(18)10-2-1-3-11(15)13(10)16/h1-5,7,12,18H,6H2. The highest BCUT2D eigenvalue weighted by atomic mass is 79.9. The number of aromatic nitrogens is 1. The van der Waals surface area contributed by atoms with Crippen LogP contribution in [0.15, 0.2) is 45.5 Å². The maximum Gasteiger partial charge on any atom is 0.143 e. The molecule has 0 bridgehead atoms. The number of aliphatic hydroxyl groups excluding tert-OH is 1. The van der Waals surface area contributed by atoms with Crippen molar-refractivity contribution in [3.8, 4) is 0 Å². The quantitative estimate of drug-likeness (QED) is 0.880. The van der Waals surface area contributed by atoms with Crippen molar-refractivity contribution in [2.45, 2.75) is 12.5 Å². The summed E-state index contributed by atoms with van der Waals surface area (Å²) in [5.41, 5.74) is 0.985. The molecular weight excluding hydrogens is 365 g/mol. The molecule has 1 aromatic heterocycles. The van der Waals surface area contributed by atoms with E-state index >= 15 is 0 Å². The van der Waals surface area contributed by atoms with Gasteiger partial charge in [0.25, 0.3) is 0 Å². The number of hydrogen-bond donors (Lipinski definition) is 1. The zero-order valence-corrected chi connectivity index (χ0v) is 12.4. The van der Waals surface area contributed by atoms with Crippen molar-refractivity contribution >= 4 is 31.9 Å². The Hall–Kier alpha value is -0.780. The molecule has 94 valence electrons. The molecule has 1 unspecified atom stereocenters. The molecule has 0 amide bonds. The highest BCUT2D eigenvalue weighted by Crippen LogP contribution is 2.25. The molecule has 0 aliphatic carbocycles. The molecule has 18 heavy (non-hydrogen) atoms. The normalized spacial score (nSPS) is 12.4. The fourth-order valence-corrected chi connectivity index (χ4v) is 2.23. The molecule has 0 fully saturated rings. The molecule has 0 saturated heterocycles. The van der Waals surface area contributed by atoms with Crippen LogP contribution in [0.2, 0.25) is 0 Å². The predicted octanol–water partition coefficient (Wildman–Crippen LogP) is 4.02. The molecular formula is C13H10Br2FNO. The highest BCUT2D eigenvalue weighted by Gasteiger charge is 2.15. The Morgan fingerprint density at radius 3 is 2.67 bits per heavy atom. The molecule has 0 radical (unpaired) electrons. The van der Waals surface area contributed by atoms with Crippen LogP contribution < -0.4 is 0 Å². The molecule has 2 rings (SSSR count). The summed E-state index contributed by atoms with van der Waals surface area (Å²) in [4.78, 5) is 4.15. The maximum absolute atomic E-state index is 13.8. The minimum Gasteiger partial charge on any atom is -0.388 e. The maximum atomic E-state index is 13.8. The third kappa shape index (κ3) is 3.16. The smallest absolute Gasteiger partial charge is 0.143 e. The highest BCUT2D eigenvalue weighted by molar-refractivity contribution is 9.10. The first-order valence-corrected chi connectivity index (χ1v) is 6.89. The van der Waals surface area contributed by atoms with Gasteiger partial charge in [-0.1, -0.05) is 12.1 Å². The third-order valence-electron chi connectivity index (χ3n) is 2.53. The first-order chi connectivity index (χ1) is 8.58. The van der Waals surface area contributed by atoms with Gasteiger partial charge >= 0.3 is 0 Å². The van der Waals surface area contributed by atoms with E-state index in [1.165, 1.54) is 0 Å². The Labute approximate surface area is 121 Å². The van der Waals surface area contributed by atoms with E-state index in [1.807, 2.05) is 6.07 Å². The molecule has 1 N–H and O–H groups in total. The van der Waals surface area contributed by atoms with E-state index in [1.54, 1.807) is 30.5 Å². The number of aliphatic hydroxyl groups is 1. The van der Waals surface area contributed by atoms with E-state index < -0.39 is 11.9 Å². The van der Waals surface area contributed by atoms with Crippen molar-refractivity contribution in [3.63, 3.8) is 0 Å². The van der Waals surface area contributed by atoms with Gasteiger partial charge in [-0.05, 0) is 50.1 Å². The van der Waals surface area contributed by atoms with Gasteiger partial charge in [0.15, 0.2) is 0 Å². The SMILES string of the molecule is OC(Cc1ccc(Br)cn1)c1cccc(Br)c1F. The van der Waals surface area contributed by atoms with Crippen molar-refractivity contribution in [1.29, 1.82) is 0 Å². The average Bonchev–Trinajstić information content (AvgIpc) is 2.35. The zero-order chi connectivity index (χ0) is 13.1. The molecule has 2 nitrogen and oxygen atoms in total. The minimum absolute atomic E-state index is 0.272. The van der Waals surface area contributed by atoms with Gasteiger partial charge in [0, 0.05) is 28.3 Å². The molecule has 0 aliphatic heterocycles. The number of halogens is 3. The van der Waals surface area contributed by atoms with Crippen LogP contribution in [0.1, 0.15) is 17.4 Å². The van der Waals surface area contributed by atoms with Crippen LogP contribution in [0, 0.1) is 5.82 Å². The predicted molar refractivity (Wildman–Crippen MR) is 74.7 cm³/mol. The van der Waals surface area contributed by atoms with Crippen LogP contribution >= 0.6 is 31.9 Å². The number of hydrogen-bond acceptors (Lipinski definition) is 2. The second-order valence-corrected chi connectivity index (χ2v) is 5.60. The summed E-state index contributed by atoms with van der Waals surface area (Å²) in [6.45, 7) is 0. The van der Waals surface area contributed by atoms with Crippen molar-refractivity contribution in [2.24, 2.45) is 0 Å². The van der Waals surface area contributed by atoms with Gasteiger partial charge in [-0.25, -0.2) is 4.39 Å². The molecule has 1 heterocycles. The fraction of sp³-hybridized carbons (Fsp3) is 0.154. The van der Waals surface area contributed by atoms with Gasteiger partial charge in [0.2, 0.25) is 0 Å². The lowest BCUT2D eigenvalue weighted by Crippen LogP contribution is -2.06. The Balaban J connectivity index is 2.19. The van der Waals surface area contributed by atoms with Crippen molar-refractivity contribution in [3.05, 3.63) is 62.5 Å². The van der Waals surface area contributed by atoms with Crippen molar-refractivity contribution in [1.82, 2.24) is 4.98 Å². The summed E-state index contributed by atoms with van der Waals surface area (Å²) < 4.78 is 15.0. The Morgan fingerprint density at radius 1 is 1.22 bits per heavy atom. The van der Waals surface area contributed by atoms with Crippen LogP contribution in [-0.2, 0) is 6.42 Å². The Bertz CT molecular complexity index is 545. The molecule has 0 spiro atoms. The van der Waals surface area contributed by atoms with Gasteiger partial charge in [0.05, 0.1) is 10.6 Å². The molecule has 5 heteroatoms. The average molecular weight is 375 g/mol. The van der Waals surface area contributed by atoms with Gasteiger partial charge in [0.1, 0.15) is 5.82 Å². The topological polar surface area (TPSA) is 33.1 Å². The molecule has 0 saturated carbocycles. The summed E-state index contributed by atoms with van der Waals surface area (Å²) in [6.07, 6.45) is 1.02. The monoisotopic (exact) mass is 373 g/mol. The second-order valence-electron chi connectivity index (χ2n) is 3.83. The van der Waals surface area contributed by atoms with Crippen molar-refractivity contribution in [2.75, 3.05) is 0 Å². The first-order valence-electron chi connectivity index (χ1n) is 5.30. The lowest BCUT2D eigenvalue weighted by atomic mass is 10.0. The molecule has 2 aromatic rings. The minimum atomic E-state index is -0.906. The van der Waals surface area contributed by atoms with E-state index in [0.29, 0.717) is 10.2 Å². The number of benzene rings is 1. The van der Waals surface area contributed by atoms with Gasteiger partial charge < -0.3 is 5.11 Å². The Morgan fingerprint density at radius 2 is 2.00 bits per heavy atom. The van der Waals surface area contributed by atoms with Gasteiger partial charge in [-0.3, -0.25) is 4.98 Å². The van der Waals surface area contributed by atoms with Crippen molar-refractivity contribution < 1.29 is 9.50 Å². The summed E-state index contributed by atoms with van der Waals surface area (Å²) >= 11 is 6.39. The fourth-order valence-electron chi connectivity index (χ4n) is 1.61. The Kier molecular flexibility index (Phi) is 4.48. The first kappa shape index (κ1) is 13.6. The summed E-state index contributed by atoms with van der Waals surface area (Å²) in [5, 5.41) is 10.0. The molecule has 1 atom stereocenters. The largest absolute Gasteiger partial charge is 0.388 e. The number of pyridine rings is 1. The van der Waals surface area contributed by atoms with E-state index in [4.69, 9.17) is 0 Å². The summed E-state index contributed by atoms with van der Waals surface area (Å²) in [5.74, 6) is -0.429. The van der Waals surface area contributed by atoms with Crippen LogP contribution in [0.4, 0.5) is 4.39 Å². The van der Waals surface area contributed by atoms with Crippen LogP contribution in [0.3, 0.4) is 0 Å². The van der Waals surface area contributed by atoms with E-state index in [0.717, 1.165) is 4.47 Å². The van der Waals surface area contributed by atoms with Gasteiger partial charge in [-0.2, -0.15) is 0 Å². The summed E-state index contributed by atoms with van der Waals surface area (Å²) in [6, 6.07) is 8.50. The van der Waals surface area contributed by atoms with Gasteiger partial charge in [-0.15, -0.1) is 0 Å². The van der Waals surface area contributed by atoms with E-state index in [9.17, 15) is 9.50 Å². The molecule has 1 aromatic carbocycles. The second kappa shape index (κ2) is 5.91. The summed E-state index contributed by atoms with van der Waals surface area (Å²) in [7, 11) is 0. The number of nitrogens with zero attached hydrogens (tertiary/aromatic N) is 1. The number of rotatable bonds is 3.